The third kappa shape index (κ3) is 4.13. The fourth-order valence-corrected chi connectivity index (χ4v) is 4.35. The minimum atomic E-state index is -1.08. The Kier molecular flexibility index (Phi) is 5.99. The number of aliphatic hydroxyl groups excluding tert-OH is 2. The molecule has 3 aromatic rings. The quantitative estimate of drug-likeness (QED) is 0.512. The minimum Gasteiger partial charge on any atom is -0.494 e. The molecule has 9 heteroatoms. The molecule has 1 saturated heterocycles. The lowest BCUT2D eigenvalue weighted by Gasteiger charge is -2.26. The molecule has 0 spiro atoms. The molecule has 0 radical (unpaired) electrons. The van der Waals surface area contributed by atoms with Gasteiger partial charge in [0, 0.05) is 17.3 Å². The van der Waals surface area contributed by atoms with Crippen molar-refractivity contribution in [3.05, 3.63) is 66.1 Å². The van der Waals surface area contributed by atoms with Gasteiger partial charge in [-0.3, -0.25) is 10.4 Å². The summed E-state index contributed by atoms with van der Waals surface area (Å²) in [5.74, 6) is 1.12. The molecule has 8 nitrogen and oxygen atoms in total. The van der Waals surface area contributed by atoms with Gasteiger partial charge in [0.05, 0.1) is 24.9 Å². The molecular formula is C25H27FN4O4. The van der Waals surface area contributed by atoms with Crippen LogP contribution in [0.25, 0.3) is 11.1 Å². The number of nitrogens with zero attached hydrogens (tertiary/aromatic N) is 3. The maximum absolute atomic E-state index is 13.3. The van der Waals surface area contributed by atoms with Crippen molar-refractivity contribution in [1.82, 2.24) is 9.58 Å². The lowest BCUT2D eigenvalue weighted by Crippen LogP contribution is -2.31. The van der Waals surface area contributed by atoms with Crippen molar-refractivity contribution in [3.63, 3.8) is 0 Å². The Balaban J connectivity index is 1.51. The fraction of sp³-hybridized carbons (Fsp3) is 0.320. The van der Waals surface area contributed by atoms with Crippen LogP contribution in [0.4, 0.5) is 15.9 Å². The second kappa shape index (κ2) is 9.09. The maximum atomic E-state index is 13.3. The number of hydrogen-bond acceptors (Lipinski definition) is 7. The molecule has 3 heterocycles. The van der Waals surface area contributed by atoms with Crippen LogP contribution in [-0.2, 0) is 11.3 Å². The number of halogens is 1. The number of hydrogen-bond donors (Lipinski definition) is 3. The van der Waals surface area contributed by atoms with Gasteiger partial charge in [0.15, 0.2) is 6.23 Å². The number of hydrazine groups is 1. The Bertz CT molecular complexity index is 1180. The summed E-state index contributed by atoms with van der Waals surface area (Å²) in [7, 11) is 0. The summed E-state index contributed by atoms with van der Waals surface area (Å²) in [6.07, 6.45) is 0.217. The van der Waals surface area contributed by atoms with Crippen LogP contribution in [0.1, 0.15) is 25.6 Å². The smallest absolute Gasteiger partial charge is 0.164 e. The second-order valence-corrected chi connectivity index (χ2v) is 8.41. The number of benzene rings is 2. The summed E-state index contributed by atoms with van der Waals surface area (Å²) in [6.45, 7) is 4.72. The van der Waals surface area contributed by atoms with Crippen molar-refractivity contribution < 1.29 is 24.1 Å². The summed E-state index contributed by atoms with van der Waals surface area (Å²) in [5.41, 5.74) is 6.75. The normalized spacial score (nSPS) is 23.7. The van der Waals surface area contributed by atoms with Crippen molar-refractivity contribution in [1.29, 1.82) is 0 Å². The summed E-state index contributed by atoms with van der Waals surface area (Å²) in [4.78, 5) is 4.64. The first kappa shape index (κ1) is 22.4. The number of rotatable bonds is 6. The fourth-order valence-electron chi connectivity index (χ4n) is 4.35. The van der Waals surface area contributed by atoms with Gasteiger partial charge in [0.1, 0.15) is 35.9 Å². The van der Waals surface area contributed by atoms with Gasteiger partial charge in [-0.05, 0) is 55.8 Å². The van der Waals surface area contributed by atoms with Gasteiger partial charge in [-0.25, -0.2) is 9.38 Å². The van der Waals surface area contributed by atoms with E-state index in [2.05, 4.69) is 10.4 Å². The average Bonchev–Trinajstić information content (AvgIpc) is 3.33. The van der Waals surface area contributed by atoms with Crippen molar-refractivity contribution in [2.24, 2.45) is 4.99 Å². The van der Waals surface area contributed by atoms with Crippen LogP contribution in [0, 0.1) is 5.82 Å². The van der Waals surface area contributed by atoms with Gasteiger partial charge < -0.3 is 24.3 Å². The lowest BCUT2D eigenvalue weighted by atomic mass is 10.0. The zero-order valence-corrected chi connectivity index (χ0v) is 18.9. The summed E-state index contributed by atoms with van der Waals surface area (Å²) < 4.78 is 26.5. The molecule has 1 fully saturated rings. The highest BCUT2D eigenvalue weighted by Crippen LogP contribution is 2.41. The van der Waals surface area contributed by atoms with Crippen molar-refractivity contribution in [2.45, 2.75) is 44.9 Å². The second-order valence-electron chi connectivity index (χ2n) is 8.41. The van der Waals surface area contributed by atoms with E-state index in [1.165, 1.54) is 12.1 Å². The Morgan fingerprint density at radius 1 is 1.12 bits per heavy atom. The van der Waals surface area contributed by atoms with E-state index in [0.29, 0.717) is 19.0 Å². The molecule has 5 rings (SSSR count). The minimum absolute atomic E-state index is 0.304. The first-order chi connectivity index (χ1) is 16.4. The van der Waals surface area contributed by atoms with E-state index in [-0.39, 0.29) is 5.82 Å². The molecule has 3 N–H and O–H groups in total. The highest BCUT2D eigenvalue weighted by molar-refractivity contribution is 5.78. The summed E-state index contributed by atoms with van der Waals surface area (Å²) in [6, 6.07) is 13.9. The monoisotopic (exact) mass is 466 g/mol. The zero-order chi connectivity index (χ0) is 23.8. The highest BCUT2D eigenvalue weighted by Gasteiger charge is 2.42. The van der Waals surface area contributed by atoms with Crippen LogP contribution in [0.3, 0.4) is 0 Å². The van der Waals surface area contributed by atoms with Crippen molar-refractivity contribution >= 4 is 17.8 Å². The predicted molar refractivity (Wildman–Crippen MR) is 126 cm³/mol. The summed E-state index contributed by atoms with van der Waals surface area (Å²) >= 11 is 0. The third-order valence-corrected chi connectivity index (χ3v) is 6.10. The predicted octanol–water partition coefficient (Wildman–Crippen LogP) is 3.83. The van der Waals surface area contributed by atoms with E-state index in [1.54, 1.807) is 35.0 Å². The highest BCUT2D eigenvalue weighted by atomic mass is 19.1. The van der Waals surface area contributed by atoms with Gasteiger partial charge in [-0.1, -0.05) is 12.1 Å². The Hall–Kier alpha value is -3.40. The number of aliphatic hydroxyl groups is 2. The van der Waals surface area contributed by atoms with E-state index in [4.69, 9.17) is 9.47 Å². The molecule has 2 aliphatic rings. The Morgan fingerprint density at radius 3 is 2.50 bits per heavy atom. The van der Waals surface area contributed by atoms with Gasteiger partial charge in [-0.2, -0.15) is 0 Å². The molecule has 2 aromatic carbocycles. The first-order valence-corrected chi connectivity index (χ1v) is 11.3. The molecule has 4 atom stereocenters. The van der Waals surface area contributed by atoms with Crippen LogP contribution >= 0.6 is 0 Å². The van der Waals surface area contributed by atoms with Crippen molar-refractivity contribution in [2.75, 3.05) is 12.0 Å². The molecule has 0 amide bonds. The van der Waals surface area contributed by atoms with Gasteiger partial charge in [-0.15, -0.1) is 0 Å². The molecule has 1 aromatic heterocycles. The van der Waals surface area contributed by atoms with Crippen LogP contribution in [0.2, 0.25) is 0 Å². The Morgan fingerprint density at radius 2 is 1.85 bits per heavy atom. The van der Waals surface area contributed by atoms with Gasteiger partial charge in [0.2, 0.25) is 0 Å². The number of ether oxygens (including phenoxy) is 2. The molecule has 178 valence electrons. The van der Waals surface area contributed by atoms with Crippen LogP contribution < -0.4 is 10.2 Å². The Labute approximate surface area is 196 Å². The number of aliphatic imine (C=N–C) groups is 1. The molecule has 0 bridgehead atoms. The van der Waals surface area contributed by atoms with E-state index < -0.39 is 24.5 Å². The molecule has 0 aliphatic carbocycles. The average molecular weight is 467 g/mol. The maximum Gasteiger partial charge on any atom is 0.164 e. The van der Waals surface area contributed by atoms with Crippen LogP contribution in [0.15, 0.2) is 59.7 Å². The third-order valence-electron chi connectivity index (χ3n) is 6.10. The number of nitrogens with one attached hydrogen (secondary N) is 1. The number of aromatic nitrogens is 1. The number of anilines is 1. The van der Waals surface area contributed by atoms with E-state index in [1.807, 2.05) is 37.4 Å². The van der Waals surface area contributed by atoms with E-state index in [0.717, 1.165) is 28.1 Å². The topological polar surface area (TPSA) is 91.5 Å². The molecule has 0 saturated carbocycles. The van der Waals surface area contributed by atoms with Gasteiger partial charge >= 0.3 is 0 Å². The molecule has 2 aliphatic heterocycles. The van der Waals surface area contributed by atoms with Gasteiger partial charge in [0.25, 0.3) is 0 Å². The molecule has 0 unspecified atom stereocenters. The van der Waals surface area contributed by atoms with E-state index in [9.17, 15) is 14.6 Å². The van der Waals surface area contributed by atoms with E-state index >= 15 is 0 Å². The standard InChI is InChI=1S/C25H27FN4O4/c1-3-33-19-10-4-16(5-11-19)20-13-30(25-23(32)22(31)15(2)34-25)24-21(20)12-29(14-27-24)28-18-8-6-17(26)7-9-18/h4-11,13-15,22-23,25,28,31-32H,3,12H2,1-2H3/t15-,22-,23-,25-/m1/s1. The number of fused-ring (bicyclic) bond motifs is 1. The lowest BCUT2D eigenvalue weighted by molar-refractivity contribution is -0.0308. The summed E-state index contributed by atoms with van der Waals surface area (Å²) in [5, 5.41) is 22.7. The van der Waals surface area contributed by atoms with Crippen LogP contribution in [-0.4, -0.2) is 51.0 Å². The SMILES string of the molecule is CCOc1ccc(-c2cn([C@@H]3O[C@H](C)[C@@H](O)[C@H]3O)c3c2CN(Nc2ccc(F)cc2)C=N3)cc1. The first-order valence-electron chi connectivity index (χ1n) is 11.3. The van der Waals surface area contributed by atoms with Crippen molar-refractivity contribution in [3.8, 4) is 16.9 Å². The molecular weight excluding hydrogens is 439 g/mol. The zero-order valence-electron chi connectivity index (χ0n) is 18.9. The largest absolute Gasteiger partial charge is 0.494 e. The molecule has 34 heavy (non-hydrogen) atoms. The van der Waals surface area contributed by atoms with Crippen LogP contribution in [0.5, 0.6) is 5.75 Å².